The largest absolute Gasteiger partial charge is 0.481 e. The van der Waals surface area contributed by atoms with Gasteiger partial charge < -0.3 is 15.5 Å². The highest BCUT2D eigenvalue weighted by Gasteiger charge is 2.59. The summed E-state index contributed by atoms with van der Waals surface area (Å²) in [7, 11) is 0. The van der Waals surface area contributed by atoms with Gasteiger partial charge in [-0.05, 0) is 98.7 Å². The molecule has 0 aliphatic heterocycles. The molecule has 4 aliphatic carbocycles. The number of hydrogen-bond donors (Lipinski definition) is 3. The van der Waals surface area contributed by atoms with E-state index in [-0.39, 0.29) is 35.2 Å². The van der Waals surface area contributed by atoms with E-state index in [2.05, 4.69) is 32.2 Å². The number of aliphatic hydroxyl groups is 1. The van der Waals surface area contributed by atoms with Crippen LogP contribution >= 0.6 is 0 Å². The third kappa shape index (κ3) is 4.63. The minimum absolute atomic E-state index is 0.0330. The van der Waals surface area contributed by atoms with Crippen LogP contribution in [0.3, 0.4) is 0 Å². The maximum absolute atomic E-state index is 13.0. The van der Waals surface area contributed by atoms with Gasteiger partial charge in [0.25, 0.3) is 0 Å². The smallest absolute Gasteiger partial charge is 0.303 e. The zero-order chi connectivity index (χ0) is 23.8. The first-order valence-corrected chi connectivity index (χ1v) is 13.5. The lowest BCUT2D eigenvalue weighted by molar-refractivity contribution is -0.137. The lowest BCUT2D eigenvalue weighted by Gasteiger charge is -2.58. The third-order valence-electron chi connectivity index (χ3n) is 10.5. The Labute approximate surface area is 199 Å². The molecule has 8 atom stereocenters. The summed E-state index contributed by atoms with van der Waals surface area (Å²) in [5.74, 6) is 2.08. The van der Waals surface area contributed by atoms with E-state index in [4.69, 9.17) is 5.11 Å². The van der Waals surface area contributed by atoms with Crippen LogP contribution in [0.5, 0.6) is 0 Å². The quantitative estimate of drug-likeness (QED) is 0.338. The number of unbranched alkanes of at least 4 members (excludes halogenated alkanes) is 2. The number of carbonyl (C=O) groups is 2. The maximum atomic E-state index is 13.0. The molecule has 0 aromatic rings. The molecule has 1 amide bonds. The Morgan fingerprint density at radius 1 is 1.09 bits per heavy atom. The number of nitrogens with one attached hydrogen (secondary N) is 1. The van der Waals surface area contributed by atoms with Gasteiger partial charge in [-0.25, -0.2) is 0 Å². The first-order valence-electron chi connectivity index (χ1n) is 13.5. The highest BCUT2D eigenvalue weighted by atomic mass is 16.4. The lowest BCUT2D eigenvalue weighted by atomic mass is 9.47. The van der Waals surface area contributed by atoms with Crippen molar-refractivity contribution in [3.8, 4) is 0 Å². The van der Waals surface area contributed by atoms with Crippen molar-refractivity contribution in [3.05, 3.63) is 11.6 Å². The molecular weight excluding hydrogens is 414 g/mol. The predicted octanol–water partition coefficient (Wildman–Crippen LogP) is 5.32. The van der Waals surface area contributed by atoms with Gasteiger partial charge in [0.15, 0.2) is 0 Å². The van der Waals surface area contributed by atoms with Gasteiger partial charge in [-0.1, -0.05) is 38.8 Å². The van der Waals surface area contributed by atoms with Crippen LogP contribution in [0, 0.1) is 40.4 Å². The molecule has 3 fully saturated rings. The predicted molar refractivity (Wildman–Crippen MR) is 129 cm³/mol. The van der Waals surface area contributed by atoms with E-state index in [1.807, 2.05) is 0 Å². The average molecular weight is 460 g/mol. The first-order chi connectivity index (χ1) is 15.7. The fourth-order valence-corrected chi connectivity index (χ4v) is 8.64. The van der Waals surface area contributed by atoms with Crippen molar-refractivity contribution in [1.29, 1.82) is 0 Å². The number of carboxylic acids is 1. The molecule has 4 aliphatic rings. The Morgan fingerprint density at radius 2 is 1.88 bits per heavy atom. The zero-order valence-electron chi connectivity index (χ0n) is 20.9. The third-order valence-corrected chi connectivity index (χ3v) is 10.5. The molecule has 0 saturated heterocycles. The SMILES string of the molecule is C[C@H](C(=O)NCCCCCC(=O)O)[C@H]1CC[C@H]2[C@@H]3CC=C4C[C@@H](O)CC[C@]4(C)[C@H]3CC[C@]12C. The monoisotopic (exact) mass is 459 g/mol. The summed E-state index contributed by atoms with van der Waals surface area (Å²) in [5, 5.41) is 22.1. The highest BCUT2D eigenvalue weighted by Crippen LogP contribution is 2.67. The number of rotatable bonds is 8. The fraction of sp³-hybridized carbons (Fsp3) is 0.857. The molecule has 186 valence electrons. The Balaban J connectivity index is 1.36. The highest BCUT2D eigenvalue weighted by molar-refractivity contribution is 5.78. The van der Waals surface area contributed by atoms with Crippen LogP contribution in [-0.2, 0) is 9.59 Å². The van der Waals surface area contributed by atoms with Crippen molar-refractivity contribution in [2.75, 3.05) is 6.54 Å². The summed E-state index contributed by atoms with van der Waals surface area (Å²) in [4.78, 5) is 23.6. The van der Waals surface area contributed by atoms with Crippen molar-refractivity contribution < 1.29 is 19.8 Å². The van der Waals surface area contributed by atoms with Crippen molar-refractivity contribution in [3.63, 3.8) is 0 Å². The molecule has 3 saturated carbocycles. The van der Waals surface area contributed by atoms with Gasteiger partial charge in [0.05, 0.1) is 6.10 Å². The number of carbonyl (C=O) groups excluding carboxylic acids is 1. The van der Waals surface area contributed by atoms with Crippen LogP contribution in [-0.4, -0.2) is 34.7 Å². The van der Waals surface area contributed by atoms with Gasteiger partial charge >= 0.3 is 5.97 Å². The average Bonchev–Trinajstić information content (AvgIpc) is 3.13. The second-order valence-corrected chi connectivity index (χ2v) is 12.2. The maximum Gasteiger partial charge on any atom is 0.303 e. The molecule has 0 radical (unpaired) electrons. The normalized spacial score (nSPS) is 40.7. The molecule has 0 spiro atoms. The number of fused-ring (bicyclic) bond motifs is 5. The van der Waals surface area contributed by atoms with Crippen LogP contribution in [0.15, 0.2) is 11.6 Å². The number of hydrogen-bond acceptors (Lipinski definition) is 3. The summed E-state index contributed by atoms with van der Waals surface area (Å²) in [6.07, 6.45) is 13.9. The topological polar surface area (TPSA) is 86.6 Å². The fourth-order valence-electron chi connectivity index (χ4n) is 8.64. The van der Waals surface area contributed by atoms with Gasteiger partial charge in [0, 0.05) is 18.9 Å². The van der Waals surface area contributed by atoms with E-state index in [0.29, 0.717) is 24.8 Å². The number of aliphatic carboxylic acids is 1. The summed E-state index contributed by atoms with van der Waals surface area (Å²) in [5.41, 5.74) is 2.04. The summed E-state index contributed by atoms with van der Waals surface area (Å²) < 4.78 is 0. The van der Waals surface area contributed by atoms with Crippen molar-refractivity contribution in [1.82, 2.24) is 5.32 Å². The molecule has 5 heteroatoms. The van der Waals surface area contributed by atoms with Crippen LogP contribution in [0.2, 0.25) is 0 Å². The molecule has 4 rings (SSSR count). The Hall–Kier alpha value is -1.36. The number of carboxylic acid groups (broad SMARTS) is 1. The lowest BCUT2D eigenvalue weighted by Crippen LogP contribution is -2.51. The number of amides is 1. The van der Waals surface area contributed by atoms with E-state index in [0.717, 1.165) is 56.8 Å². The van der Waals surface area contributed by atoms with Crippen molar-refractivity contribution in [2.24, 2.45) is 40.4 Å². The van der Waals surface area contributed by atoms with Gasteiger partial charge in [-0.3, -0.25) is 9.59 Å². The van der Waals surface area contributed by atoms with Crippen molar-refractivity contribution >= 4 is 11.9 Å². The molecule has 3 N–H and O–H groups in total. The minimum Gasteiger partial charge on any atom is -0.481 e. The molecule has 0 unspecified atom stereocenters. The van der Waals surface area contributed by atoms with Crippen LogP contribution in [0.25, 0.3) is 0 Å². The number of aliphatic hydroxyl groups excluding tert-OH is 1. The molecule has 0 aromatic heterocycles. The summed E-state index contributed by atoms with van der Waals surface area (Å²) >= 11 is 0. The van der Waals surface area contributed by atoms with Crippen LogP contribution in [0.1, 0.15) is 97.8 Å². The number of allylic oxidation sites excluding steroid dienone is 1. The second kappa shape index (κ2) is 9.71. The van der Waals surface area contributed by atoms with Gasteiger partial charge in [-0.15, -0.1) is 0 Å². The van der Waals surface area contributed by atoms with Crippen molar-refractivity contribution in [2.45, 2.75) is 104 Å². The molecule has 33 heavy (non-hydrogen) atoms. The Bertz CT molecular complexity index is 778. The van der Waals surface area contributed by atoms with Gasteiger partial charge in [0.2, 0.25) is 5.91 Å². The molecule has 0 bridgehead atoms. The van der Waals surface area contributed by atoms with E-state index < -0.39 is 5.97 Å². The first kappa shape index (κ1) is 24.8. The zero-order valence-corrected chi connectivity index (χ0v) is 20.9. The second-order valence-electron chi connectivity index (χ2n) is 12.2. The minimum atomic E-state index is -0.744. The standard InChI is InChI=1S/C28H45NO4/c1-18(26(33)29-16-6-4-5-7-25(31)32)22-10-11-23-21-9-8-19-17-20(30)12-14-27(19,2)24(21)13-15-28(22,23)3/h8,18,20-24,30H,4-7,9-17H2,1-3H3,(H,29,33)(H,31,32)/t18-,20-,21-,22+,23-,24-,27-,28+/m0/s1. The Kier molecular flexibility index (Phi) is 7.29. The molecular formula is C28H45NO4. The van der Waals surface area contributed by atoms with Crippen LogP contribution < -0.4 is 5.32 Å². The van der Waals surface area contributed by atoms with E-state index in [1.54, 1.807) is 0 Å². The van der Waals surface area contributed by atoms with Crippen LogP contribution in [0.4, 0.5) is 0 Å². The molecule has 5 nitrogen and oxygen atoms in total. The van der Waals surface area contributed by atoms with Gasteiger partial charge in [-0.2, -0.15) is 0 Å². The van der Waals surface area contributed by atoms with E-state index in [9.17, 15) is 14.7 Å². The molecule has 0 heterocycles. The van der Waals surface area contributed by atoms with E-state index in [1.165, 1.54) is 24.8 Å². The van der Waals surface area contributed by atoms with Gasteiger partial charge in [0.1, 0.15) is 0 Å². The molecule has 0 aromatic carbocycles. The van der Waals surface area contributed by atoms with E-state index >= 15 is 0 Å². The Morgan fingerprint density at radius 3 is 2.64 bits per heavy atom. The summed E-state index contributed by atoms with van der Waals surface area (Å²) in [6.45, 7) is 7.74. The summed E-state index contributed by atoms with van der Waals surface area (Å²) in [6, 6.07) is 0.